The summed E-state index contributed by atoms with van der Waals surface area (Å²) in [5.74, 6) is -0.169. The number of piperidine rings is 1. The van der Waals surface area contributed by atoms with E-state index in [2.05, 4.69) is 25.6 Å². The minimum atomic E-state index is -4.58. The molecule has 0 saturated carbocycles. The lowest BCUT2D eigenvalue weighted by Gasteiger charge is -2.36. The van der Waals surface area contributed by atoms with E-state index in [-0.39, 0.29) is 12.0 Å². The maximum atomic E-state index is 13.0. The Morgan fingerprint density at radius 2 is 1.88 bits per heavy atom. The number of amides is 2. The molecule has 5 rings (SSSR count). The zero-order chi connectivity index (χ0) is 29.4. The van der Waals surface area contributed by atoms with Gasteiger partial charge in [0.15, 0.2) is 0 Å². The number of alkyl halides is 3. The van der Waals surface area contributed by atoms with Gasteiger partial charge >= 0.3 is 12.2 Å². The molecule has 0 atom stereocenters. The normalized spacial score (nSPS) is 15.0. The molecule has 0 aliphatic carbocycles. The van der Waals surface area contributed by atoms with Crippen LogP contribution in [0.3, 0.4) is 0 Å². The van der Waals surface area contributed by atoms with Crippen molar-refractivity contribution >= 4 is 46.3 Å². The molecule has 214 valence electrons. The molecule has 8 nitrogen and oxygen atoms in total. The highest BCUT2D eigenvalue weighted by molar-refractivity contribution is 7.15. The molecule has 0 bridgehead atoms. The van der Waals surface area contributed by atoms with Crippen LogP contribution in [0, 0.1) is 13.8 Å². The van der Waals surface area contributed by atoms with Crippen LogP contribution in [0.4, 0.5) is 35.3 Å². The fraction of sp³-hybridized carbons (Fsp3) is 0.286. The summed E-state index contributed by atoms with van der Waals surface area (Å²) in [5.41, 5.74) is 1.35. The van der Waals surface area contributed by atoms with Gasteiger partial charge in [0.2, 0.25) is 5.95 Å². The molecule has 0 unspecified atom stereocenters. The molecule has 1 aliphatic rings. The maximum Gasteiger partial charge on any atom is 0.433 e. The van der Waals surface area contributed by atoms with Crippen LogP contribution < -0.4 is 10.6 Å². The number of anilines is 3. The predicted octanol–water partition coefficient (Wildman–Crippen LogP) is 7.15. The molecular weight excluding hydrogens is 577 g/mol. The van der Waals surface area contributed by atoms with Crippen LogP contribution >= 0.6 is 22.9 Å². The number of halogens is 4. The molecule has 13 heteroatoms. The van der Waals surface area contributed by atoms with Crippen LogP contribution in [0.15, 0.2) is 54.9 Å². The summed E-state index contributed by atoms with van der Waals surface area (Å²) in [7, 11) is 0. The molecule has 0 radical (unpaired) electrons. The fourth-order valence-corrected chi connectivity index (χ4v) is 5.78. The van der Waals surface area contributed by atoms with Crippen LogP contribution in [0.5, 0.6) is 0 Å². The number of urea groups is 1. The smallest absolute Gasteiger partial charge is 0.383 e. The number of carbonyl (C=O) groups is 1. The number of likely N-dealkylation sites (tertiary alicyclic amines) is 1. The lowest BCUT2D eigenvalue weighted by atomic mass is 9.92. The van der Waals surface area contributed by atoms with Gasteiger partial charge in [-0.1, -0.05) is 23.7 Å². The summed E-state index contributed by atoms with van der Waals surface area (Å²) in [6, 6.07) is 11.3. The highest BCUT2D eigenvalue weighted by atomic mass is 35.5. The number of aryl methyl sites for hydroxylation is 1. The van der Waals surface area contributed by atoms with Crippen LogP contribution in [0.1, 0.15) is 34.7 Å². The van der Waals surface area contributed by atoms with Gasteiger partial charge in [-0.25, -0.2) is 19.7 Å². The topological polar surface area (TPSA) is 103 Å². The monoisotopic (exact) mass is 602 g/mol. The molecule has 4 aromatic rings. The molecule has 2 amide bonds. The second-order valence-electron chi connectivity index (χ2n) is 9.87. The van der Waals surface area contributed by atoms with E-state index in [1.165, 1.54) is 11.3 Å². The summed E-state index contributed by atoms with van der Waals surface area (Å²) < 4.78 is 39.1. The largest absolute Gasteiger partial charge is 0.433 e. The molecule has 1 saturated heterocycles. The molecule has 3 N–H and O–H groups in total. The van der Waals surface area contributed by atoms with Gasteiger partial charge in [0.05, 0.1) is 4.88 Å². The summed E-state index contributed by atoms with van der Waals surface area (Å²) >= 11 is 7.49. The second-order valence-corrected chi connectivity index (χ2v) is 11.3. The van der Waals surface area contributed by atoms with Crippen molar-refractivity contribution in [1.82, 2.24) is 19.9 Å². The van der Waals surface area contributed by atoms with E-state index in [1.807, 2.05) is 19.9 Å². The fourth-order valence-electron chi connectivity index (χ4n) is 4.56. The lowest BCUT2D eigenvalue weighted by Crippen LogP contribution is -2.46. The summed E-state index contributed by atoms with van der Waals surface area (Å²) in [6.07, 6.45) is -1.23. The van der Waals surface area contributed by atoms with E-state index >= 15 is 0 Å². The Morgan fingerprint density at radius 3 is 2.61 bits per heavy atom. The first kappa shape index (κ1) is 28.8. The Balaban J connectivity index is 1.27. The van der Waals surface area contributed by atoms with Gasteiger partial charge in [-0.2, -0.15) is 13.2 Å². The summed E-state index contributed by atoms with van der Waals surface area (Å²) in [4.78, 5) is 27.2. The van der Waals surface area contributed by atoms with Crippen LogP contribution in [-0.4, -0.2) is 44.1 Å². The standard InChI is InChI=1S/C28H26ClF3N6O2S/c1-16-12-18(14-19(13-16)35-25-33-9-6-23(37-25)28(30,31)32)22-15-34-24(41-22)27(40)7-10-38(11-8-27)26(39)36-21-5-3-4-20(29)17(21)2/h3-6,9,12-15,40H,7-8,10-11H2,1-2H3,(H,36,39)(H,33,35,37). The first-order valence-electron chi connectivity index (χ1n) is 12.7. The van der Waals surface area contributed by atoms with E-state index in [0.29, 0.717) is 47.3 Å². The number of hydrogen-bond acceptors (Lipinski definition) is 7. The van der Waals surface area contributed by atoms with Crippen molar-refractivity contribution < 1.29 is 23.1 Å². The third-order valence-electron chi connectivity index (χ3n) is 6.85. The number of rotatable bonds is 5. The van der Waals surface area contributed by atoms with Crippen LogP contribution in [0.2, 0.25) is 5.02 Å². The predicted molar refractivity (Wildman–Crippen MR) is 153 cm³/mol. The van der Waals surface area contributed by atoms with E-state index < -0.39 is 17.5 Å². The minimum absolute atomic E-state index is 0.169. The highest BCUT2D eigenvalue weighted by Gasteiger charge is 2.38. The molecule has 3 heterocycles. The van der Waals surface area contributed by atoms with Gasteiger partial charge in [-0.05, 0) is 60.9 Å². The van der Waals surface area contributed by atoms with Gasteiger partial charge in [0.1, 0.15) is 16.3 Å². The number of carbonyl (C=O) groups excluding carboxylic acids is 1. The lowest BCUT2D eigenvalue weighted by molar-refractivity contribution is -0.141. The van der Waals surface area contributed by atoms with E-state index in [0.717, 1.165) is 33.8 Å². The average Bonchev–Trinajstić information content (AvgIpc) is 3.43. The van der Waals surface area contributed by atoms with Crippen molar-refractivity contribution in [1.29, 1.82) is 0 Å². The molecule has 2 aromatic carbocycles. The molecule has 41 heavy (non-hydrogen) atoms. The van der Waals surface area contributed by atoms with Crippen molar-refractivity contribution in [2.24, 2.45) is 0 Å². The Kier molecular flexibility index (Phi) is 7.91. The number of nitrogens with one attached hydrogen (secondary N) is 2. The number of aromatic nitrogens is 3. The Hall–Kier alpha value is -3.74. The van der Waals surface area contributed by atoms with Crippen molar-refractivity contribution in [2.75, 3.05) is 23.7 Å². The molecule has 0 spiro atoms. The first-order chi connectivity index (χ1) is 19.4. The highest BCUT2D eigenvalue weighted by Crippen LogP contribution is 2.39. The van der Waals surface area contributed by atoms with Crippen molar-refractivity contribution in [3.63, 3.8) is 0 Å². The second kappa shape index (κ2) is 11.3. The zero-order valence-corrected chi connectivity index (χ0v) is 23.7. The third kappa shape index (κ3) is 6.45. The Bertz CT molecular complexity index is 1590. The number of aliphatic hydroxyl groups is 1. The molecule has 2 aromatic heterocycles. The van der Waals surface area contributed by atoms with Gasteiger partial charge in [0.25, 0.3) is 0 Å². The van der Waals surface area contributed by atoms with E-state index in [1.54, 1.807) is 41.4 Å². The average molecular weight is 603 g/mol. The number of hydrogen-bond donors (Lipinski definition) is 3. The number of benzene rings is 2. The number of thiazole rings is 1. The Morgan fingerprint density at radius 1 is 1.12 bits per heavy atom. The van der Waals surface area contributed by atoms with Crippen molar-refractivity contribution in [3.05, 3.63) is 81.7 Å². The molecular formula is C28H26ClF3N6O2S. The zero-order valence-electron chi connectivity index (χ0n) is 22.1. The summed E-state index contributed by atoms with van der Waals surface area (Å²) in [5, 5.41) is 18.3. The van der Waals surface area contributed by atoms with Crippen LogP contribution in [0.25, 0.3) is 10.4 Å². The minimum Gasteiger partial charge on any atom is -0.383 e. The number of nitrogens with zero attached hydrogens (tertiary/aromatic N) is 4. The van der Waals surface area contributed by atoms with Gasteiger partial charge < -0.3 is 20.6 Å². The van der Waals surface area contributed by atoms with E-state index in [9.17, 15) is 23.1 Å². The van der Waals surface area contributed by atoms with Crippen molar-refractivity contribution in [3.8, 4) is 10.4 Å². The molecule has 1 fully saturated rings. The van der Waals surface area contributed by atoms with E-state index in [4.69, 9.17) is 11.6 Å². The third-order valence-corrected chi connectivity index (χ3v) is 8.50. The van der Waals surface area contributed by atoms with Crippen LogP contribution in [-0.2, 0) is 11.8 Å². The Labute approximate surface area is 243 Å². The van der Waals surface area contributed by atoms with Crippen molar-refractivity contribution in [2.45, 2.75) is 38.5 Å². The van der Waals surface area contributed by atoms with Gasteiger partial charge in [-0.15, -0.1) is 11.3 Å². The summed E-state index contributed by atoms with van der Waals surface area (Å²) in [6.45, 7) is 4.38. The SMILES string of the molecule is Cc1cc(Nc2nccc(C(F)(F)F)n2)cc(-c2cnc(C3(O)CCN(C(=O)Nc4cccc(Cl)c4C)CC3)s2)c1. The molecule has 1 aliphatic heterocycles. The first-order valence-corrected chi connectivity index (χ1v) is 13.9. The van der Waals surface area contributed by atoms with Gasteiger partial charge in [0, 0.05) is 54.7 Å². The maximum absolute atomic E-state index is 13.0. The van der Waals surface area contributed by atoms with Gasteiger partial charge in [-0.3, -0.25) is 0 Å². The quantitative estimate of drug-likeness (QED) is 0.224.